The highest BCUT2D eigenvalue weighted by Gasteiger charge is 2.26. The molecule has 1 rings (SSSR count). The average Bonchev–Trinajstić information content (AvgIpc) is 2.80. The van der Waals surface area contributed by atoms with Crippen LogP contribution < -0.4 is 10.6 Å². The minimum Gasteiger partial charge on any atom is -0.481 e. The Balaban J connectivity index is 2.27. The second kappa shape index (κ2) is 7.28. The maximum absolute atomic E-state index is 11.9. The molecule has 1 aliphatic rings. The second-order valence-electron chi connectivity index (χ2n) is 6.49. The topological polar surface area (TPSA) is 98.7 Å². The summed E-state index contributed by atoms with van der Waals surface area (Å²) in [6.07, 6.45) is 1.53. The van der Waals surface area contributed by atoms with Crippen molar-refractivity contribution in [1.82, 2.24) is 15.5 Å². The van der Waals surface area contributed by atoms with E-state index in [4.69, 9.17) is 5.11 Å². The van der Waals surface area contributed by atoms with Crippen molar-refractivity contribution in [3.8, 4) is 0 Å². The monoisotopic (exact) mass is 299 g/mol. The number of carbonyl (C=O) groups excluding carboxylic acids is 2. The fraction of sp³-hybridized carbons (Fsp3) is 0.786. The Bertz CT molecular complexity index is 404. The lowest BCUT2D eigenvalue weighted by Gasteiger charge is -2.21. The van der Waals surface area contributed by atoms with Crippen molar-refractivity contribution in [2.45, 2.75) is 45.6 Å². The van der Waals surface area contributed by atoms with Crippen molar-refractivity contribution < 1.29 is 19.5 Å². The summed E-state index contributed by atoms with van der Waals surface area (Å²) in [5.41, 5.74) is -0.322. The number of urea groups is 1. The molecule has 0 spiro atoms. The second-order valence-corrected chi connectivity index (χ2v) is 6.49. The molecule has 1 saturated heterocycles. The van der Waals surface area contributed by atoms with Crippen molar-refractivity contribution in [2.75, 3.05) is 19.6 Å². The maximum atomic E-state index is 11.9. The Kier molecular flexibility index (Phi) is 5.99. The van der Waals surface area contributed by atoms with Crippen LogP contribution >= 0.6 is 0 Å². The van der Waals surface area contributed by atoms with Gasteiger partial charge in [-0.3, -0.25) is 9.59 Å². The van der Waals surface area contributed by atoms with Gasteiger partial charge in [-0.1, -0.05) is 0 Å². The van der Waals surface area contributed by atoms with Gasteiger partial charge in [-0.05, 0) is 39.5 Å². The van der Waals surface area contributed by atoms with Crippen LogP contribution in [0.2, 0.25) is 0 Å². The third-order valence-corrected chi connectivity index (χ3v) is 3.25. The molecule has 0 aliphatic carbocycles. The number of carboxylic acids is 1. The van der Waals surface area contributed by atoms with Crippen molar-refractivity contribution in [3.05, 3.63) is 0 Å². The first-order valence-electron chi connectivity index (χ1n) is 7.23. The van der Waals surface area contributed by atoms with Gasteiger partial charge in [-0.25, -0.2) is 4.79 Å². The fourth-order valence-electron chi connectivity index (χ4n) is 2.31. The first-order valence-corrected chi connectivity index (χ1v) is 7.23. The predicted molar refractivity (Wildman–Crippen MR) is 77.8 cm³/mol. The minimum atomic E-state index is -0.809. The molecule has 3 N–H and O–H groups in total. The molecule has 1 fully saturated rings. The quantitative estimate of drug-likeness (QED) is 0.699. The summed E-state index contributed by atoms with van der Waals surface area (Å²) in [4.78, 5) is 35.7. The summed E-state index contributed by atoms with van der Waals surface area (Å²) in [6, 6.07) is -0.267. The Labute approximate surface area is 125 Å². The lowest BCUT2D eigenvalue weighted by Crippen LogP contribution is -2.48. The van der Waals surface area contributed by atoms with E-state index in [9.17, 15) is 14.4 Å². The Morgan fingerprint density at radius 3 is 2.52 bits per heavy atom. The van der Waals surface area contributed by atoms with Gasteiger partial charge in [0.2, 0.25) is 5.91 Å². The van der Waals surface area contributed by atoms with Crippen molar-refractivity contribution in [3.63, 3.8) is 0 Å². The molecule has 0 radical (unpaired) electrons. The van der Waals surface area contributed by atoms with E-state index in [1.165, 1.54) is 0 Å². The standard InChI is InChI=1S/C14H25N3O4/c1-14(2,3)16-11(18)8-15-13(21)17-7-6-10(9-17)4-5-12(19)20/h10H,4-9H2,1-3H3,(H,15,21)(H,16,18)(H,19,20). The van der Waals surface area contributed by atoms with Gasteiger partial charge < -0.3 is 20.6 Å². The molecule has 1 heterocycles. The molecule has 0 aromatic carbocycles. The molecule has 1 aliphatic heterocycles. The average molecular weight is 299 g/mol. The predicted octanol–water partition coefficient (Wildman–Crippen LogP) is 0.797. The van der Waals surface area contributed by atoms with E-state index in [1.54, 1.807) is 4.90 Å². The third kappa shape index (κ3) is 6.97. The van der Waals surface area contributed by atoms with Gasteiger partial charge in [0, 0.05) is 25.0 Å². The summed E-state index contributed by atoms with van der Waals surface area (Å²) in [5, 5.41) is 14.0. The number of carboxylic acid groups (broad SMARTS) is 1. The van der Waals surface area contributed by atoms with Gasteiger partial charge in [0.05, 0.1) is 6.54 Å². The van der Waals surface area contributed by atoms with Crippen LogP contribution in [-0.4, -0.2) is 53.1 Å². The fourth-order valence-corrected chi connectivity index (χ4v) is 2.31. The zero-order valence-electron chi connectivity index (χ0n) is 12.9. The maximum Gasteiger partial charge on any atom is 0.317 e. The van der Waals surface area contributed by atoms with Gasteiger partial charge in [-0.15, -0.1) is 0 Å². The van der Waals surface area contributed by atoms with Crippen LogP contribution in [0.25, 0.3) is 0 Å². The van der Waals surface area contributed by atoms with Crippen LogP contribution in [0, 0.1) is 5.92 Å². The molecule has 21 heavy (non-hydrogen) atoms. The molecule has 1 atom stereocenters. The molecular weight excluding hydrogens is 274 g/mol. The van der Waals surface area contributed by atoms with Gasteiger partial charge in [-0.2, -0.15) is 0 Å². The first-order chi connectivity index (χ1) is 9.67. The molecule has 1 unspecified atom stereocenters. The lowest BCUT2D eigenvalue weighted by molar-refractivity contribution is -0.137. The zero-order chi connectivity index (χ0) is 16.0. The third-order valence-electron chi connectivity index (χ3n) is 3.25. The summed E-state index contributed by atoms with van der Waals surface area (Å²) in [6.45, 7) is 6.74. The zero-order valence-corrected chi connectivity index (χ0v) is 12.9. The van der Waals surface area contributed by atoms with E-state index in [1.807, 2.05) is 20.8 Å². The molecule has 0 saturated carbocycles. The first kappa shape index (κ1) is 17.3. The van der Waals surface area contributed by atoms with Crippen molar-refractivity contribution in [2.24, 2.45) is 5.92 Å². The summed E-state index contributed by atoms with van der Waals surface area (Å²) in [7, 11) is 0. The lowest BCUT2D eigenvalue weighted by atomic mass is 10.0. The van der Waals surface area contributed by atoms with Gasteiger partial charge >= 0.3 is 12.0 Å². The number of likely N-dealkylation sites (tertiary alicyclic amines) is 1. The van der Waals surface area contributed by atoms with Gasteiger partial charge in [0.15, 0.2) is 0 Å². The number of hydrogen-bond acceptors (Lipinski definition) is 3. The SMILES string of the molecule is CC(C)(C)NC(=O)CNC(=O)N1CCC(CCC(=O)O)C1. The Hall–Kier alpha value is -1.79. The molecule has 0 aromatic heterocycles. The van der Waals surface area contributed by atoms with E-state index in [0.717, 1.165) is 6.42 Å². The summed E-state index contributed by atoms with van der Waals surface area (Å²) in [5.74, 6) is -0.801. The molecule has 0 aromatic rings. The summed E-state index contributed by atoms with van der Waals surface area (Å²) < 4.78 is 0. The summed E-state index contributed by atoms with van der Waals surface area (Å²) >= 11 is 0. The number of nitrogens with one attached hydrogen (secondary N) is 2. The van der Waals surface area contributed by atoms with Crippen LogP contribution in [0.3, 0.4) is 0 Å². The van der Waals surface area contributed by atoms with Crippen LogP contribution in [0.4, 0.5) is 4.79 Å². The highest BCUT2D eigenvalue weighted by atomic mass is 16.4. The Morgan fingerprint density at radius 1 is 1.29 bits per heavy atom. The van der Waals surface area contributed by atoms with Crippen LogP contribution in [-0.2, 0) is 9.59 Å². The number of aliphatic carboxylic acids is 1. The van der Waals surface area contributed by atoms with E-state index < -0.39 is 5.97 Å². The molecule has 7 heteroatoms. The molecular formula is C14H25N3O4. The number of rotatable bonds is 5. The van der Waals surface area contributed by atoms with E-state index >= 15 is 0 Å². The Morgan fingerprint density at radius 2 is 1.95 bits per heavy atom. The van der Waals surface area contributed by atoms with Gasteiger partial charge in [0.1, 0.15) is 0 Å². The van der Waals surface area contributed by atoms with Gasteiger partial charge in [0.25, 0.3) is 0 Å². The van der Waals surface area contributed by atoms with Crippen molar-refractivity contribution >= 4 is 17.9 Å². The van der Waals surface area contributed by atoms with Crippen LogP contribution in [0.15, 0.2) is 0 Å². The highest BCUT2D eigenvalue weighted by molar-refractivity contribution is 5.84. The number of nitrogens with zero attached hydrogens (tertiary/aromatic N) is 1. The van der Waals surface area contributed by atoms with Crippen LogP contribution in [0.5, 0.6) is 0 Å². The smallest absolute Gasteiger partial charge is 0.317 e. The van der Waals surface area contributed by atoms with Crippen molar-refractivity contribution in [1.29, 1.82) is 0 Å². The highest BCUT2D eigenvalue weighted by Crippen LogP contribution is 2.20. The minimum absolute atomic E-state index is 0.0492. The van der Waals surface area contributed by atoms with Crippen LogP contribution in [0.1, 0.15) is 40.0 Å². The molecule has 120 valence electrons. The largest absolute Gasteiger partial charge is 0.481 e. The van der Waals surface area contributed by atoms with E-state index in [2.05, 4.69) is 10.6 Å². The number of hydrogen-bond donors (Lipinski definition) is 3. The molecule has 3 amide bonds. The molecule has 0 bridgehead atoms. The van der Waals surface area contributed by atoms with E-state index in [-0.39, 0.29) is 36.4 Å². The normalized spacial score (nSPS) is 18.4. The number of carbonyl (C=O) groups is 3. The number of amides is 3. The molecule has 7 nitrogen and oxygen atoms in total. The van der Waals surface area contributed by atoms with E-state index in [0.29, 0.717) is 19.5 Å².